The van der Waals surface area contributed by atoms with E-state index in [1.54, 1.807) is 30.3 Å². The molecule has 0 amide bonds. The molecule has 0 aliphatic carbocycles. The SMILES string of the molecule is COC(=O)Oc1ccc(C(=O)c2ccccc2)c(O)c1. The Labute approximate surface area is 115 Å². The number of hydrogen-bond donors (Lipinski definition) is 1. The lowest BCUT2D eigenvalue weighted by Gasteiger charge is -2.07. The van der Waals surface area contributed by atoms with Crippen LogP contribution in [0.2, 0.25) is 0 Å². The van der Waals surface area contributed by atoms with E-state index in [4.69, 9.17) is 4.74 Å². The van der Waals surface area contributed by atoms with Crippen LogP contribution in [0.4, 0.5) is 4.79 Å². The Kier molecular flexibility index (Phi) is 4.00. The van der Waals surface area contributed by atoms with Crippen molar-refractivity contribution in [1.29, 1.82) is 0 Å². The van der Waals surface area contributed by atoms with E-state index in [-0.39, 0.29) is 22.8 Å². The number of rotatable bonds is 3. The molecule has 2 rings (SSSR count). The van der Waals surface area contributed by atoms with Crippen LogP contribution < -0.4 is 4.74 Å². The molecular formula is C15H12O5. The molecule has 2 aromatic rings. The highest BCUT2D eigenvalue weighted by atomic mass is 16.7. The molecule has 0 saturated heterocycles. The van der Waals surface area contributed by atoms with Crippen molar-refractivity contribution in [2.75, 3.05) is 7.11 Å². The third-order valence-corrected chi connectivity index (χ3v) is 2.62. The van der Waals surface area contributed by atoms with Gasteiger partial charge in [0.2, 0.25) is 0 Å². The fourth-order valence-corrected chi connectivity index (χ4v) is 1.65. The van der Waals surface area contributed by atoms with Crippen molar-refractivity contribution >= 4 is 11.9 Å². The normalized spacial score (nSPS) is 9.85. The molecule has 0 unspecified atom stereocenters. The van der Waals surface area contributed by atoms with Crippen molar-refractivity contribution in [2.24, 2.45) is 0 Å². The molecule has 5 nitrogen and oxygen atoms in total. The second-order valence-electron chi connectivity index (χ2n) is 3.93. The first-order valence-corrected chi connectivity index (χ1v) is 5.80. The Hall–Kier alpha value is -2.82. The summed E-state index contributed by atoms with van der Waals surface area (Å²) in [5.41, 5.74) is 0.595. The fourth-order valence-electron chi connectivity index (χ4n) is 1.65. The third-order valence-electron chi connectivity index (χ3n) is 2.62. The van der Waals surface area contributed by atoms with E-state index in [1.165, 1.54) is 25.3 Å². The zero-order valence-electron chi connectivity index (χ0n) is 10.7. The minimum Gasteiger partial charge on any atom is -0.507 e. The number of phenolic OH excluding ortho intramolecular Hbond substituents is 1. The van der Waals surface area contributed by atoms with Gasteiger partial charge in [0.25, 0.3) is 0 Å². The number of phenols is 1. The second kappa shape index (κ2) is 5.88. The van der Waals surface area contributed by atoms with Crippen molar-refractivity contribution in [3.63, 3.8) is 0 Å². The number of carbonyl (C=O) groups is 2. The van der Waals surface area contributed by atoms with Gasteiger partial charge in [-0.05, 0) is 12.1 Å². The van der Waals surface area contributed by atoms with Crippen LogP contribution >= 0.6 is 0 Å². The summed E-state index contributed by atoms with van der Waals surface area (Å²) in [7, 11) is 1.18. The maximum absolute atomic E-state index is 12.2. The molecule has 2 aromatic carbocycles. The maximum Gasteiger partial charge on any atom is 0.513 e. The van der Waals surface area contributed by atoms with Crippen molar-refractivity contribution in [3.05, 3.63) is 59.7 Å². The van der Waals surface area contributed by atoms with Crippen LogP contribution in [0.1, 0.15) is 15.9 Å². The lowest BCUT2D eigenvalue weighted by molar-refractivity contribution is 0.103. The number of methoxy groups -OCH3 is 1. The summed E-state index contributed by atoms with van der Waals surface area (Å²) in [6.07, 6.45) is -0.897. The molecule has 102 valence electrons. The van der Waals surface area contributed by atoms with E-state index in [9.17, 15) is 14.7 Å². The minimum absolute atomic E-state index is 0.0963. The number of aromatic hydroxyl groups is 1. The zero-order chi connectivity index (χ0) is 14.5. The molecule has 1 N–H and O–H groups in total. The van der Waals surface area contributed by atoms with E-state index in [0.29, 0.717) is 5.56 Å². The predicted octanol–water partition coefficient (Wildman–Crippen LogP) is 2.77. The monoisotopic (exact) mass is 272 g/mol. The van der Waals surface area contributed by atoms with Gasteiger partial charge >= 0.3 is 6.16 Å². The molecule has 0 radical (unpaired) electrons. The van der Waals surface area contributed by atoms with Crippen molar-refractivity contribution < 1.29 is 24.2 Å². The Morgan fingerprint density at radius 2 is 1.75 bits per heavy atom. The van der Waals surface area contributed by atoms with Gasteiger partial charge in [0.1, 0.15) is 11.5 Å². The Morgan fingerprint density at radius 1 is 1.05 bits per heavy atom. The fraction of sp³-hybridized carbons (Fsp3) is 0.0667. The predicted molar refractivity (Wildman–Crippen MR) is 71.0 cm³/mol. The number of ether oxygens (including phenoxy) is 2. The number of benzene rings is 2. The summed E-state index contributed by atoms with van der Waals surface area (Å²) in [4.78, 5) is 23.1. The molecule has 0 spiro atoms. The van der Waals surface area contributed by atoms with Crippen LogP contribution in [0, 0.1) is 0 Å². The molecule has 0 aliphatic heterocycles. The van der Waals surface area contributed by atoms with Gasteiger partial charge in [-0.25, -0.2) is 4.79 Å². The quantitative estimate of drug-likeness (QED) is 0.528. The lowest BCUT2D eigenvalue weighted by atomic mass is 10.0. The highest BCUT2D eigenvalue weighted by Gasteiger charge is 2.15. The van der Waals surface area contributed by atoms with E-state index < -0.39 is 6.16 Å². The summed E-state index contributed by atoms with van der Waals surface area (Å²) < 4.78 is 9.08. The molecule has 0 bridgehead atoms. The number of carbonyl (C=O) groups excluding carboxylic acids is 2. The summed E-state index contributed by atoms with van der Waals surface area (Å²) in [6.45, 7) is 0. The van der Waals surface area contributed by atoms with Gasteiger partial charge in [-0.15, -0.1) is 0 Å². The minimum atomic E-state index is -0.897. The van der Waals surface area contributed by atoms with Gasteiger partial charge in [-0.2, -0.15) is 0 Å². The molecule has 0 saturated carbocycles. The van der Waals surface area contributed by atoms with Crippen LogP contribution in [-0.2, 0) is 4.74 Å². The molecule has 0 aromatic heterocycles. The first-order chi connectivity index (χ1) is 9.61. The van der Waals surface area contributed by atoms with Crippen molar-refractivity contribution in [1.82, 2.24) is 0 Å². The van der Waals surface area contributed by atoms with E-state index >= 15 is 0 Å². The largest absolute Gasteiger partial charge is 0.513 e. The zero-order valence-corrected chi connectivity index (χ0v) is 10.7. The number of ketones is 1. The summed E-state index contributed by atoms with van der Waals surface area (Å²) >= 11 is 0. The average molecular weight is 272 g/mol. The van der Waals surface area contributed by atoms with Gasteiger partial charge in [-0.1, -0.05) is 30.3 Å². The average Bonchev–Trinajstić information content (AvgIpc) is 2.47. The van der Waals surface area contributed by atoms with E-state index in [1.807, 2.05) is 0 Å². The van der Waals surface area contributed by atoms with Crippen molar-refractivity contribution in [3.8, 4) is 11.5 Å². The Balaban J connectivity index is 2.26. The van der Waals surface area contributed by atoms with Crippen LogP contribution in [0.15, 0.2) is 48.5 Å². The van der Waals surface area contributed by atoms with Crippen molar-refractivity contribution in [2.45, 2.75) is 0 Å². The summed E-state index contributed by atoms with van der Waals surface area (Å²) in [5, 5.41) is 9.86. The maximum atomic E-state index is 12.2. The second-order valence-corrected chi connectivity index (χ2v) is 3.93. The Bertz CT molecular complexity index is 634. The van der Waals surface area contributed by atoms with Crippen LogP contribution in [0.25, 0.3) is 0 Å². The molecule has 20 heavy (non-hydrogen) atoms. The van der Waals surface area contributed by atoms with E-state index in [2.05, 4.69) is 4.74 Å². The molecule has 5 heteroatoms. The van der Waals surface area contributed by atoms with Crippen LogP contribution in [0.3, 0.4) is 0 Å². The van der Waals surface area contributed by atoms with Gasteiger partial charge in [0.05, 0.1) is 12.7 Å². The third kappa shape index (κ3) is 2.95. The van der Waals surface area contributed by atoms with Gasteiger partial charge in [0, 0.05) is 11.6 Å². The summed E-state index contributed by atoms with van der Waals surface area (Å²) in [6, 6.07) is 12.6. The number of hydrogen-bond acceptors (Lipinski definition) is 5. The van der Waals surface area contributed by atoms with Gasteiger partial charge in [0.15, 0.2) is 5.78 Å². The molecule has 0 heterocycles. The highest BCUT2D eigenvalue weighted by Crippen LogP contribution is 2.26. The van der Waals surface area contributed by atoms with E-state index in [0.717, 1.165) is 0 Å². The first-order valence-electron chi connectivity index (χ1n) is 5.80. The van der Waals surface area contributed by atoms with Crippen LogP contribution in [-0.4, -0.2) is 24.2 Å². The van der Waals surface area contributed by atoms with Crippen LogP contribution in [0.5, 0.6) is 11.5 Å². The smallest absolute Gasteiger partial charge is 0.507 e. The summed E-state index contributed by atoms with van der Waals surface area (Å²) in [5.74, 6) is -0.480. The molecular weight excluding hydrogens is 260 g/mol. The Morgan fingerprint density at radius 3 is 2.35 bits per heavy atom. The highest BCUT2D eigenvalue weighted by molar-refractivity contribution is 6.10. The van der Waals surface area contributed by atoms with Gasteiger partial charge in [-0.3, -0.25) is 4.79 Å². The topological polar surface area (TPSA) is 72.8 Å². The standard InChI is InChI=1S/C15H12O5/c1-19-15(18)20-11-7-8-12(13(16)9-11)14(17)10-5-3-2-4-6-10/h2-9,16H,1H3. The van der Waals surface area contributed by atoms with Gasteiger partial charge < -0.3 is 14.6 Å². The molecule has 0 fully saturated rings. The lowest BCUT2D eigenvalue weighted by Crippen LogP contribution is -2.08. The first kappa shape index (κ1) is 13.6. The molecule has 0 aliphatic rings. The molecule has 0 atom stereocenters.